The van der Waals surface area contributed by atoms with Gasteiger partial charge < -0.3 is 0 Å². The van der Waals surface area contributed by atoms with Crippen molar-refractivity contribution in [1.82, 2.24) is 4.90 Å². The first-order chi connectivity index (χ1) is 16.1. The zero-order chi connectivity index (χ0) is 24.6. The van der Waals surface area contributed by atoms with E-state index in [2.05, 4.69) is 0 Å². The van der Waals surface area contributed by atoms with Crippen LogP contribution >= 0.6 is 34.8 Å². The lowest BCUT2D eigenvalue weighted by molar-refractivity contribution is -0.139. The van der Waals surface area contributed by atoms with Crippen molar-refractivity contribution in [3.63, 3.8) is 0 Å². The molecule has 2 amide bonds. The number of carbonyl (C=O) groups is 2. The van der Waals surface area contributed by atoms with E-state index in [1.807, 2.05) is 0 Å². The van der Waals surface area contributed by atoms with Gasteiger partial charge in [-0.05, 0) is 47.0 Å². The molecule has 0 bridgehead atoms. The summed E-state index contributed by atoms with van der Waals surface area (Å²) in [6.07, 6.45) is -2.24. The second-order valence-corrected chi connectivity index (χ2v) is 8.87. The van der Waals surface area contributed by atoms with Crippen LogP contribution in [0.2, 0.25) is 15.1 Å². The van der Waals surface area contributed by atoms with Crippen molar-refractivity contribution < 1.29 is 22.8 Å². The SMILES string of the molecule is O=C1c2ccccc2C(=O)N1Cc1ccc(/C=C/C(c2ccc(Cl)c(Cl)c2)C(F)(F)F)cc1Cl. The van der Waals surface area contributed by atoms with Crippen molar-refractivity contribution >= 4 is 52.7 Å². The topological polar surface area (TPSA) is 37.4 Å². The predicted molar refractivity (Wildman–Crippen MR) is 126 cm³/mol. The Labute approximate surface area is 208 Å². The first kappa shape index (κ1) is 24.3. The number of carbonyl (C=O) groups excluding carboxylic acids is 2. The number of rotatable bonds is 5. The van der Waals surface area contributed by atoms with Gasteiger partial charge in [0.15, 0.2) is 0 Å². The minimum Gasteiger partial charge on any atom is -0.270 e. The Balaban J connectivity index is 1.55. The molecule has 34 heavy (non-hydrogen) atoms. The maximum Gasteiger partial charge on any atom is 0.399 e. The molecule has 1 aliphatic heterocycles. The van der Waals surface area contributed by atoms with Gasteiger partial charge in [-0.15, -0.1) is 0 Å². The van der Waals surface area contributed by atoms with Crippen LogP contribution in [0.15, 0.2) is 66.7 Å². The van der Waals surface area contributed by atoms with Gasteiger partial charge >= 0.3 is 6.18 Å². The van der Waals surface area contributed by atoms with Crippen molar-refractivity contribution in [2.24, 2.45) is 0 Å². The molecule has 4 rings (SSSR count). The van der Waals surface area contributed by atoms with Gasteiger partial charge in [-0.1, -0.05) is 77.3 Å². The molecule has 9 heteroatoms. The summed E-state index contributed by atoms with van der Waals surface area (Å²) < 4.78 is 41.0. The second kappa shape index (κ2) is 9.45. The lowest BCUT2D eigenvalue weighted by Crippen LogP contribution is -2.29. The molecule has 1 atom stereocenters. The summed E-state index contributed by atoms with van der Waals surface area (Å²) in [6, 6.07) is 14.9. The first-order valence-electron chi connectivity index (χ1n) is 10.00. The van der Waals surface area contributed by atoms with Crippen LogP contribution in [0.3, 0.4) is 0 Å². The number of amides is 2. The van der Waals surface area contributed by atoms with E-state index in [0.29, 0.717) is 22.3 Å². The number of imide groups is 1. The molecule has 0 fully saturated rings. The van der Waals surface area contributed by atoms with Crippen molar-refractivity contribution in [3.05, 3.63) is 110 Å². The summed E-state index contributed by atoms with van der Waals surface area (Å²) >= 11 is 18.0. The zero-order valence-electron chi connectivity index (χ0n) is 17.2. The summed E-state index contributed by atoms with van der Waals surface area (Å²) in [5.41, 5.74) is 1.51. The summed E-state index contributed by atoms with van der Waals surface area (Å²) in [6.45, 7) is -0.0520. The highest BCUT2D eigenvalue weighted by molar-refractivity contribution is 6.42. The summed E-state index contributed by atoms with van der Waals surface area (Å²) in [4.78, 5) is 26.2. The second-order valence-electron chi connectivity index (χ2n) is 7.64. The van der Waals surface area contributed by atoms with E-state index in [0.717, 1.165) is 11.0 Å². The van der Waals surface area contributed by atoms with Crippen molar-refractivity contribution in [3.8, 4) is 0 Å². The summed E-state index contributed by atoms with van der Waals surface area (Å²) in [7, 11) is 0. The highest BCUT2D eigenvalue weighted by Crippen LogP contribution is 2.38. The van der Waals surface area contributed by atoms with Crippen LogP contribution in [0.5, 0.6) is 0 Å². The van der Waals surface area contributed by atoms with E-state index in [1.54, 1.807) is 36.4 Å². The van der Waals surface area contributed by atoms with Crippen LogP contribution in [0.1, 0.15) is 43.3 Å². The Kier molecular flexibility index (Phi) is 6.76. The van der Waals surface area contributed by atoms with E-state index in [1.165, 1.54) is 30.3 Å². The van der Waals surface area contributed by atoms with Gasteiger partial charge in [0.1, 0.15) is 0 Å². The number of allylic oxidation sites excluding steroid dienone is 1. The molecule has 1 unspecified atom stereocenters. The average Bonchev–Trinajstić information content (AvgIpc) is 3.02. The third-order valence-electron chi connectivity index (χ3n) is 5.42. The molecule has 0 spiro atoms. The van der Waals surface area contributed by atoms with Crippen LogP contribution in [0.25, 0.3) is 6.08 Å². The number of hydrogen-bond acceptors (Lipinski definition) is 2. The van der Waals surface area contributed by atoms with Gasteiger partial charge in [0, 0.05) is 5.02 Å². The lowest BCUT2D eigenvalue weighted by Gasteiger charge is -2.18. The quantitative estimate of drug-likeness (QED) is 0.319. The Morgan fingerprint density at radius 3 is 2.03 bits per heavy atom. The molecule has 0 radical (unpaired) electrons. The third-order valence-corrected chi connectivity index (χ3v) is 6.51. The minimum absolute atomic E-state index is 0.0300. The van der Waals surface area contributed by atoms with Crippen molar-refractivity contribution in [1.29, 1.82) is 0 Å². The highest BCUT2D eigenvalue weighted by Gasteiger charge is 2.39. The fourth-order valence-corrected chi connectivity index (χ4v) is 4.23. The maximum absolute atomic E-state index is 13.7. The molecular formula is C25H15Cl3F3NO2. The van der Waals surface area contributed by atoms with Crippen LogP contribution < -0.4 is 0 Å². The van der Waals surface area contributed by atoms with Gasteiger partial charge in [-0.2, -0.15) is 13.2 Å². The Morgan fingerprint density at radius 1 is 0.824 bits per heavy atom. The molecule has 0 saturated carbocycles. The van der Waals surface area contributed by atoms with E-state index < -0.39 is 23.9 Å². The molecule has 0 N–H and O–H groups in total. The lowest BCUT2D eigenvalue weighted by atomic mass is 9.97. The molecule has 3 aromatic carbocycles. The number of benzene rings is 3. The Morgan fingerprint density at radius 2 is 1.47 bits per heavy atom. The number of hydrogen-bond donors (Lipinski definition) is 0. The van der Waals surface area contributed by atoms with Gasteiger partial charge in [0.05, 0.1) is 33.6 Å². The van der Waals surface area contributed by atoms with E-state index in [9.17, 15) is 22.8 Å². The molecule has 174 valence electrons. The minimum atomic E-state index is -4.55. The third kappa shape index (κ3) is 4.85. The molecule has 3 nitrogen and oxygen atoms in total. The molecular weight excluding hydrogens is 510 g/mol. The van der Waals surface area contributed by atoms with Crippen LogP contribution in [-0.4, -0.2) is 22.9 Å². The number of halogens is 6. The number of fused-ring (bicyclic) bond motifs is 1. The Hall–Kier alpha value is -2.80. The van der Waals surface area contributed by atoms with Gasteiger partial charge in [-0.3, -0.25) is 14.5 Å². The monoisotopic (exact) mass is 523 g/mol. The molecule has 0 saturated heterocycles. The van der Waals surface area contributed by atoms with E-state index >= 15 is 0 Å². The fourth-order valence-electron chi connectivity index (χ4n) is 3.67. The van der Waals surface area contributed by atoms with Gasteiger partial charge in [0.25, 0.3) is 11.8 Å². The molecule has 0 aromatic heterocycles. The van der Waals surface area contributed by atoms with Crippen LogP contribution in [-0.2, 0) is 6.54 Å². The Bertz CT molecular complexity index is 1290. The standard InChI is InChI=1S/C25H15Cl3F3NO2/c26-20-10-8-15(12-22(20)28)19(25(29,30)31)9-6-14-5-7-16(21(27)11-14)13-32-23(33)17-3-1-2-4-18(17)24(32)34/h1-12,19H,13H2/b9-6+. The fraction of sp³-hybridized carbons (Fsp3) is 0.120. The predicted octanol–water partition coefficient (Wildman–Crippen LogP) is 7.80. The smallest absolute Gasteiger partial charge is 0.270 e. The summed E-state index contributed by atoms with van der Waals surface area (Å²) in [5, 5.41) is 0.412. The number of alkyl halides is 3. The maximum atomic E-state index is 13.7. The molecule has 0 aliphatic carbocycles. The normalized spacial score (nSPS) is 14.7. The largest absolute Gasteiger partial charge is 0.399 e. The van der Waals surface area contributed by atoms with Gasteiger partial charge in [-0.25, -0.2) is 0 Å². The summed E-state index contributed by atoms with van der Waals surface area (Å²) in [5.74, 6) is -2.75. The van der Waals surface area contributed by atoms with E-state index in [-0.39, 0.29) is 27.2 Å². The van der Waals surface area contributed by atoms with Crippen molar-refractivity contribution in [2.45, 2.75) is 18.6 Å². The van der Waals surface area contributed by atoms with Gasteiger partial charge in [0.2, 0.25) is 0 Å². The van der Waals surface area contributed by atoms with Crippen LogP contribution in [0.4, 0.5) is 13.2 Å². The molecule has 1 aliphatic rings. The average molecular weight is 525 g/mol. The molecule has 3 aromatic rings. The van der Waals surface area contributed by atoms with Crippen molar-refractivity contribution in [2.75, 3.05) is 0 Å². The number of nitrogens with zero attached hydrogens (tertiary/aromatic N) is 1. The zero-order valence-corrected chi connectivity index (χ0v) is 19.5. The van der Waals surface area contributed by atoms with E-state index in [4.69, 9.17) is 34.8 Å². The highest BCUT2D eigenvalue weighted by atomic mass is 35.5. The van der Waals surface area contributed by atoms with Crippen LogP contribution in [0, 0.1) is 0 Å². The first-order valence-corrected chi connectivity index (χ1v) is 11.1. The molecule has 1 heterocycles.